The van der Waals surface area contributed by atoms with Gasteiger partial charge in [-0.25, -0.2) is 0 Å². The first-order valence-electron chi connectivity index (χ1n) is 9.51. The minimum atomic E-state index is -0.0522. The van der Waals surface area contributed by atoms with E-state index in [-0.39, 0.29) is 17.6 Å². The molecule has 0 radical (unpaired) electrons. The summed E-state index contributed by atoms with van der Waals surface area (Å²) in [6.07, 6.45) is 3.18. The summed E-state index contributed by atoms with van der Waals surface area (Å²) in [6, 6.07) is 3.84. The van der Waals surface area contributed by atoms with Crippen LogP contribution in [0.3, 0.4) is 0 Å². The highest BCUT2D eigenvalue weighted by Crippen LogP contribution is 2.35. The smallest absolute Gasteiger partial charge is 0.254 e. The predicted octanol–water partition coefficient (Wildman–Crippen LogP) is 2.32. The van der Waals surface area contributed by atoms with Crippen molar-refractivity contribution in [2.45, 2.75) is 58.6 Å². The van der Waals surface area contributed by atoms with Crippen LogP contribution in [0.25, 0.3) is 0 Å². The molecule has 1 saturated heterocycles. The second-order valence-corrected chi connectivity index (χ2v) is 7.61. The molecule has 1 saturated carbocycles. The van der Waals surface area contributed by atoms with Crippen molar-refractivity contribution in [1.82, 2.24) is 14.6 Å². The van der Waals surface area contributed by atoms with Gasteiger partial charge in [-0.15, -0.1) is 0 Å². The van der Waals surface area contributed by atoms with Crippen LogP contribution in [0.5, 0.6) is 5.75 Å². The Labute approximate surface area is 157 Å². The molecule has 2 aromatic heterocycles. The fourth-order valence-electron chi connectivity index (χ4n) is 3.71. The fraction of sp³-hybridized carbons (Fsp3) is 0.550. The van der Waals surface area contributed by atoms with E-state index < -0.39 is 0 Å². The number of hydrogen-bond acceptors (Lipinski definition) is 5. The van der Waals surface area contributed by atoms with Crippen LogP contribution in [0.4, 0.5) is 0 Å². The van der Waals surface area contributed by atoms with Crippen molar-refractivity contribution in [2.75, 3.05) is 13.1 Å². The van der Waals surface area contributed by atoms with E-state index in [2.05, 4.69) is 5.16 Å². The maximum Gasteiger partial charge on any atom is 0.254 e. The number of carbonyl (C=O) groups excluding carboxylic acids is 1. The lowest BCUT2D eigenvalue weighted by molar-refractivity contribution is -0.139. The quantitative estimate of drug-likeness (QED) is 0.779. The Kier molecular flexibility index (Phi) is 4.53. The van der Waals surface area contributed by atoms with Crippen LogP contribution >= 0.6 is 0 Å². The summed E-state index contributed by atoms with van der Waals surface area (Å²) < 4.78 is 12.9. The van der Waals surface area contributed by atoms with E-state index in [9.17, 15) is 9.59 Å². The summed E-state index contributed by atoms with van der Waals surface area (Å²) in [7, 11) is 0. The number of aryl methyl sites for hydroxylation is 3. The van der Waals surface area contributed by atoms with Gasteiger partial charge in [0.15, 0.2) is 0 Å². The summed E-state index contributed by atoms with van der Waals surface area (Å²) in [5.41, 5.74) is 2.80. The summed E-state index contributed by atoms with van der Waals surface area (Å²) in [5, 5.41) is 3.92. The normalized spacial score (nSPS) is 17.1. The average Bonchev–Trinajstić information content (AvgIpc) is 3.34. The first-order chi connectivity index (χ1) is 12.9. The standard InChI is InChI=1S/C20H25N3O4/c1-12-8-16(9-20(25)23(12)15-4-5-15)26-17-10-22(11-17)19(24)7-6-18-13(2)21-27-14(18)3/h8-9,15,17H,4-7,10-11H2,1-3H3. The monoisotopic (exact) mass is 371 g/mol. The second kappa shape index (κ2) is 6.87. The predicted molar refractivity (Wildman–Crippen MR) is 99.0 cm³/mol. The molecule has 7 heteroatoms. The molecule has 0 aromatic carbocycles. The lowest BCUT2D eigenvalue weighted by Crippen LogP contribution is -2.56. The van der Waals surface area contributed by atoms with Crippen molar-refractivity contribution in [1.29, 1.82) is 0 Å². The van der Waals surface area contributed by atoms with E-state index in [0.717, 1.165) is 35.6 Å². The number of likely N-dealkylation sites (tertiary alicyclic amines) is 1. The van der Waals surface area contributed by atoms with Crippen LogP contribution in [0.15, 0.2) is 21.5 Å². The molecule has 144 valence electrons. The molecular weight excluding hydrogens is 346 g/mol. The van der Waals surface area contributed by atoms with Crippen molar-refractivity contribution in [3.8, 4) is 5.75 Å². The number of rotatable bonds is 6. The van der Waals surface area contributed by atoms with Gasteiger partial charge >= 0.3 is 0 Å². The van der Waals surface area contributed by atoms with E-state index >= 15 is 0 Å². The van der Waals surface area contributed by atoms with Gasteiger partial charge in [-0.3, -0.25) is 9.59 Å². The van der Waals surface area contributed by atoms with E-state index in [4.69, 9.17) is 9.26 Å². The molecule has 1 aliphatic carbocycles. The van der Waals surface area contributed by atoms with Crippen LogP contribution in [0.1, 0.15) is 48.0 Å². The Bertz CT molecular complexity index is 900. The Morgan fingerprint density at radius 2 is 2.00 bits per heavy atom. The molecule has 0 spiro atoms. The van der Waals surface area contributed by atoms with E-state index in [1.165, 1.54) is 0 Å². The summed E-state index contributed by atoms with van der Waals surface area (Å²) in [5.74, 6) is 1.49. The molecule has 4 rings (SSSR count). The molecule has 2 aliphatic rings. The molecule has 0 bridgehead atoms. The third-order valence-electron chi connectivity index (χ3n) is 5.42. The van der Waals surface area contributed by atoms with Gasteiger partial charge in [0.2, 0.25) is 5.91 Å². The molecule has 2 aromatic rings. The number of aromatic nitrogens is 2. The van der Waals surface area contributed by atoms with E-state index in [1.54, 1.807) is 11.0 Å². The zero-order chi connectivity index (χ0) is 19.1. The number of hydrogen-bond donors (Lipinski definition) is 0. The van der Waals surface area contributed by atoms with Gasteiger partial charge in [0.1, 0.15) is 17.6 Å². The van der Waals surface area contributed by atoms with Gasteiger partial charge in [0.25, 0.3) is 5.56 Å². The Morgan fingerprint density at radius 1 is 1.26 bits per heavy atom. The maximum atomic E-state index is 12.3. The Morgan fingerprint density at radius 3 is 2.59 bits per heavy atom. The Balaban J connectivity index is 1.28. The number of pyridine rings is 1. The summed E-state index contributed by atoms with van der Waals surface area (Å²) in [6.45, 7) is 6.82. The molecule has 0 N–H and O–H groups in total. The van der Waals surface area contributed by atoms with Gasteiger partial charge < -0.3 is 18.7 Å². The third kappa shape index (κ3) is 3.63. The minimum absolute atomic E-state index is 0.000725. The zero-order valence-electron chi connectivity index (χ0n) is 16.0. The molecule has 1 amide bonds. The lowest BCUT2D eigenvalue weighted by Gasteiger charge is -2.39. The largest absolute Gasteiger partial charge is 0.486 e. The fourth-order valence-corrected chi connectivity index (χ4v) is 3.71. The van der Waals surface area contributed by atoms with Gasteiger partial charge in [-0.2, -0.15) is 0 Å². The highest BCUT2D eigenvalue weighted by Gasteiger charge is 2.33. The molecule has 3 heterocycles. The van der Waals surface area contributed by atoms with Crippen molar-refractivity contribution >= 4 is 5.91 Å². The molecule has 7 nitrogen and oxygen atoms in total. The molecule has 1 aliphatic heterocycles. The SMILES string of the molecule is Cc1noc(C)c1CCC(=O)N1CC(Oc2cc(C)n(C3CC3)c(=O)c2)C1. The van der Waals surface area contributed by atoms with Gasteiger partial charge in [0, 0.05) is 29.8 Å². The van der Waals surface area contributed by atoms with Crippen molar-refractivity contribution in [3.63, 3.8) is 0 Å². The van der Waals surface area contributed by atoms with Gasteiger partial charge in [0.05, 0.1) is 18.8 Å². The summed E-state index contributed by atoms with van der Waals surface area (Å²) in [4.78, 5) is 26.4. The molecular formula is C20H25N3O4. The number of carbonyl (C=O) groups is 1. The second-order valence-electron chi connectivity index (χ2n) is 7.61. The van der Waals surface area contributed by atoms with Crippen LogP contribution in [0, 0.1) is 20.8 Å². The molecule has 0 atom stereocenters. The van der Waals surface area contributed by atoms with Crippen molar-refractivity contribution in [2.24, 2.45) is 0 Å². The highest BCUT2D eigenvalue weighted by molar-refractivity contribution is 5.77. The topological polar surface area (TPSA) is 77.6 Å². The van der Waals surface area contributed by atoms with Crippen LogP contribution in [0.2, 0.25) is 0 Å². The number of nitrogens with zero attached hydrogens (tertiary/aromatic N) is 3. The zero-order valence-corrected chi connectivity index (χ0v) is 16.0. The minimum Gasteiger partial charge on any atom is -0.486 e. The molecule has 0 unspecified atom stereocenters. The van der Waals surface area contributed by atoms with Crippen LogP contribution < -0.4 is 10.3 Å². The van der Waals surface area contributed by atoms with E-state index in [1.807, 2.05) is 31.4 Å². The first kappa shape index (κ1) is 17.8. The maximum absolute atomic E-state index is 12.3. The van der Waals surface area contributed by atoms with Crippen molar-refractivity contribution < 1.29 is 14.1 Å². The first-order valence-corrected chi connectivity index (χ1v) is 9.51. The Hall–Kier alpha value is -2.57. The third-order valence-corrected chi connectivity index (χ3v) is 5.42. The summed E-state index contributed by atoms with van der Waals surface area (Å²) >= 11 is 0. The van der Waals surface area contributed by atoms with E-state index in [0.29, 0.717) is 37.7 Å². The number of amides is 1. The van der Waals surface area contributed by atoms with Crippen LogP contribution in [-0.2, 0) is 11.2 Å². The van der Waals surface area contributed by atoms with Crippen LogP contribution in [-0.4, -0.2) is 39.7 Å². The average molecular weight is 371 g/mol. The molecule has 2 fully saturated rings. The number of ether oxygens (including phenoxy) is 1. The highest BCUT2D eigenvalue weighted by atomic mass is 16.5. The van der Waals surface area contributed by atoms with Gasteiger partial charge in [-0.05, 0) is 46.1 Å². The van der Waals surface area contributed by atoms with Gasteiger partial charge in [-0.1, -0.05) is 5.16 Å². The van der Waals surface area contributed by atoms with Crippen molar-refractivity contribution in [3.05, 3.63) is 45.2 Å². The lowest BCUT2D eigenvalue weighted by atomic mass is 10.1. The molecule has 27 heavy (non-hydrogen) atoms.